The molecule has 70 valence electrons. The fourth-order valence-electron chi connectivity index (χ4n) is 0.999. The summed E-state index contributed by atoms with van der Waals surface area (Å²) in [6, 6.07) is 7.05. The number of hydrogen-bond acceptors (Lipinski definition) is 3. The van der Waals surface area contributed by atoms with Crippen LogP contribution in [0.1, 0.15) is 10.4 Å². The predicted octanol–water partition coefficient (Wildman–Crippen LogP) is 1.31. The second-order valence-corrected chi connectivity index (χ2v) is 2.68. The minimum absolute atomic E-state index is 0.174. The van der Waals surface area contributed by atoms with Crippen LogP contribution in [0.3, 0.4) is 0 Å². The first-order valence-corrected chi connectivity index (χ1v) is 4.45. The Morgan fingerprint density at radius 2 is 2.23 bits per heavy atom. The van der Waals surface area contributed by atoms with Crippen LogP contribution < -0.4 is 10.1 Å². The molecular weight excluding hydrogens is 186 g/mol. The van der Waals surface area contributed by atoms with Crippen molar-refractivity contribution in [2.75, 3.05) is 13.0 Å². The van der Waals surface area contributed by atoms with Crippen molar-refractivity contribution >= 4 is 18.5 Å². The average molecular weight is 197 g/mol. The number of benzene rings is 1. The molecule has 0 radical (unpaired) electrons. The number of amides is 1. The molecule has 1 aromatic rings. The molecule has 0 heterocycles. The van der Waals surface area contributed by atoms with E-state index in [1.807, 2.05) is 6.07 Å². The first-order valence-electron chi connectivity index (χ1n) is 3.81. The van der Waals surface area contributed by atoms with Gasteiger partial charge in [0.2, 0.25) is 0 Å². The monoisotopic (exact) mass is 197 g/mol. The second-order valence-electron chi connectivity index (χ2n) is 2.36. The lowest BCUT2D eigenvalue weighted by atomic mass is 10.2. The van der Waals surface area contributed by atoms with E-state index in [0.29, 0.717) is 17.2 Å². The van der Waals surface area contributed by atoms with Crippen LogP contribution in [-0.4, -0.2) is 18.9 Å². The van der Waals surface area contributed by atoms with Gasteiger partial charge in [-0.3, -0.25) is 4.79 Å². The van der Waals surface area contributed by atoms with Crippen LogP contribution in [0, 0.1) is 0 Å². The summed E-state index contributed by atoms with van der Waals surface area (Å²) >= 11 is 3.90. The molecule has 1 amide bonds. The molecular formula is C9H11NO2S. The largest absolute Gasteiger partial charge is 0.496 e. The molecule has 0 saturated carbocycles. The zero-order valence-corrected chi connectivity index (χ0v) is 8.17. The third-order valence-corrected chi connectivity index (χ3v) is 1.75. The normalized spacial score (nSPS) is 9.38. The molecule has 0 aliphatic heterocycles. The van der Waals surface area contributed by atoms with E-state index < -0.39 is 0 Å². The molecule has 0 bridgehead atoms. The second kappa shape index (κ2) is 4.77. The molecule has 1 N–H and O–H groups in total. The third kappa shape index (κ3) is 2.39. The summed E-state index contributed by atoms with van der Waals surface area (Å²) in [5.74, 6) is 0.714. The SMILES string of the molecule is COc1ccccc1C(=O)NCS. The van der Waals surface area contributed by atoms with Crippen LogP contribution in [0.5, 0.6) is 5.75 Å². The lowest BCUT2D eigenvalue weighted by Gasteiger charge is -2.06. The van der Waals surface area contributed by atoms with Crippen molar-refractivity contribution in [2.24, 2.45) is 0 Å². The number of carbonyl (C=O) groups excluding carboxylic acids is 1. The van der Waals surface area contributed by atoms with E-state index in [-0.39, 0.29) is 5.91 Å². The number of carbonyl (C=O) groups is 1. The highest BCUT2D eigenvalue weighted by molar-refractivity contribution is 7.80. The number of methoxy groups -OCH3 is 1. The summed E-state index contributed by atoms with van der Waals surface area (Å²) in [5.41, 5.74) is 0.527. The summed E-state index contributed by atoms with van der Waals surface area (Å²) < 4.78 is 5.03. The number of para-hydroxylation sites is 1. The van der Waals surface area contributed by atoms with Gasteiger partial charge in [0.1, 0.15) is 5.75 Å². The van der Waals surface area contributed by atoms with Gasteiger partial charge in [0, 0.05) is 0 Å². The van der Waals surface area contributed by atoms with Gasteiger partial charge in [-0.1, -0.05) is 12.1 Å². The van der Waals surface area contributed by atoms with Crippen molar-refractivity contribution in [1.29, 1.82) is 0 Å². The molecule has 0 spiro atoms. The van der Waals surface area contributed by atoms with E-state index in [1.165, 1.54) is 7.11 Å². The number of ether oxygens (including phenoxy) is 1. The number of hydrogen-bond donors (Lipinski definition) is 2. The molecule has 3 nitrogen and oxygen atoms in total. The maximum Gasteiger partial charge on any atom is 0.255 e. The van der Waals surface area contributed by atoms with Crippen LogP contribution in [-0.2, 0) is 0 Å². The molecule has 4 heteroatoms. The predicted molar refractivity (Wildman–Crippen MR) is 54.3 cm³/mol. The molecule has 1 aromatic carbocycles. The van der Waals surface area contributed by atoms with Crippen molar-refractivity contribution in [1.82, 2.24) is 5.32 Å². The maximum absolute atomic E-state index is 11.4. The van der Waals surface area contributed by atoms with Gasteiger partial charge in [-0.15, -0.1) is 0 Å². The summed E-state index contributed by atoms with van der Waals surface area (Å²) in [5, 5.41) is 2.58. The van der Waals surface area contributed by atoms with Gasteiger partial charge in [-0.25, -0.2) is 0 Å². The van der Waals surface area contributed by atoms with Crippen molar-refractivity contribution in [3.05, 3.63) is 29.8 Å². The van der Waals surface area contributed by atoms with Crippen LogP contribution in [0.15, 0.2) is 24.3 Å². The Morgan fingerprint density at radius 3 is 2.85 bits per heavy atom. The lowest BCUT2D eigenvalue weighted by Crippen LogP contribution is -2.22. The molecule has 0 atom stereocenters. The molecule has 0 saturated heterocycles. The Kier molecular flexibility index (Phi) is 3.64. The zero-order valence-electron chi connectivity index (χ0n) is 7.28. The van der Waals surface area contributed by atoms with Gasteiger partial charge in [0.25, 0.3) is 5.91 Å². The van der Waals surface area contributed by atoms with E-state index in [9.17, 15) is 4.79 Å². The van der Waals surface area contributed by atoms with E-state index in [0.717, 1.165) is 0 Å². The lowest BCUT2D eigenvalue weighted by molar-refractivity contribution is 0.0958. The van der Waals surface area contributed by atoms with E-state index in [4.69, 9.17) is 4.74 Å². The Balaban J connectivity index is 2.92. The van der Waals surface area contributed by atoms with Gasteiger partial charge >= 0.3 is 0 Å². The quantitative estimate of drug-likeness (QED) is 0.566. The maximum atomic E-state index is 11.4. The molecule has 0 aromatic heterocycles. The fourth-order valence-corrected chi connectivity index (χ4v) is 1.14. The van der Waals surface area contributed by atoms with Gasteiger partial charge in [-0.05, 0) is 12.1 Å². The van der Waals surface area contributed by atoms with E-state index in [2.05, 4.69) is 17.9 Å². The minimum atomic E-state index is -0.174. The third-order valence-electron chi connectivity index (χ3n) is 1.59. The average Bonchev–Trinajstić information content (AvgIpc) is 2.18. The molecule has 0 unspecified atom stereocenters. The van der Waals surface area contributed by atoms with Gasteiger partial charge in [0.05, 0.1) is 18.6 Å². The Labute approximate surface area is 82.5 Å². The first-order chi connectivity index (χ1) is 6.29. The molecule has 13 heavy (non-hydrogen) atoms. The van der Waals surface area contributed by atoms with Gasteiger partial charge in [0.15, 0.2) is 0 Å². The fraction of sp³-hybridized carbons (Fsp3) is 0.222. The smallest absolute Gasteiger partial charge is 0.255 e. The Hall–Kier alpha value is -1.16. The van der Waals surface area contributed by atoms with Crippen molar-refractivity contribution < 1.29 is 9.53 Å². The summed E-state index contributed by atoms with van der Waals surface area (Å²) in [6.45, 7) is 0. The van der Waals surface area contributed by atoms with Gasteiger partial charge < -0.3 is 10.1 Å². The highest BCUT2D eigenvalue weighted by atomic mass is 32.1. The standard InChI is InChI=1S/C9H11NO2S/c1-12-8-5-3-2-4-7(8)9(11)10-6-13/h2-5,13H,6H2,1H3,(H,10,11). The number of rotatable bonds is 3. The van der Waals surface area contributed by atoms with Crippen LogP contribution in [0.25, 0.3) is 0 Å². The van der Waals surface area contributed by atoms with E-state index >= 15 is 0 Å². The summed E-state index contributed by atoms with van der Waals surface area (Å²) in [4.78, 5) is 11.4. The highest BCUT2D eigenvalue weighted by Gasteiger charge is 2.09. The zero-order chi connectivity index (χ0) is 9.68. The molecule has 0 aliphatic carbocycles. The first kappa shape index (κ1) is 9.92. The van der Waals surface area contributed by atoms with Crippen molar-refractivity contribution in [3.63, 3.8) is 0 Å². The van der Waals surface area contributed by atoms with E-state index in [1.54, 1.807) is 18.2 Å². The Bertz CT molecular complexity index is 301. The summed E-state index contributed by atoms with van der Waals surface area (Å²) in [7, 11) is 1.53. The molecule has 1 rings (SSSR count). The molecule has 0 fully saturated rings. The minimum Gasteiger partial charge on any atom is -0.496 e. The van der Waals surface area contributed by atoms with Gasteiger partial charge in [-0.2, -0.15) is 12.6 Å². The molecule has 0 aliphatic rings. The van der Waals surface area contributed by atoms with Crippen molar-refractivity contribution in [2.45, 2.75) is 0 Å². The number of thiol groups is 1. The summed E-state index contributed by atoms with van der Waals surface area (Å²) in [6.07, 6.45) is 0. The number of nitrogens with one attached hydrogen (secondary N) is 1. The topological polar surface area (TPSA) is 38.3 Å². The van der Waals surface area contributed by atoms with Crippen LogP contribution in [0.4, 0.5) is 0 Å². The van der Waals surface area contributed by atoms with Crippen molar-refractivity contribution in [3.8, 4) is 5.75 Å². The van der Waals surface area contributed by atoms with Crippen LogP contribution >= 0.6 is 12.6 Å². The Morgan fingerprint density at radius 1 is 1.54 bits per heavy atom. The van der Waals surface area contributed by atoms with Crippen LogP contribution in [0.2, 0.25) is 0 Å². The highest BCUT2D eigenvalue weighted by Crippen LogP contribution is 2.16.